The standard InChI is InChI=1S/C23H33FN4O2/c1-6-25-23(26-13-12-17-8-7-9-19(24)14-17)27-16-20(28(2)3)18-10-11-21(29-4)22(15-18)30-5/h7-11,14-15,20H,6,12-13,16H2,1-5H3,(H2,25,26,27). The molecule has 2 rings (SSSR count). The first kappa shape index (κ1) is 23.5. The number of guanidine groups is 1. The molecule has 0 bridgehead atoms. The summed E-state index contributed by atoms with van der Waals surface area (Å²) in [4.78, 5) is 6.89. The average molecular weight is 417 g/mol. The Kier molecular flexibility index (Phi) is 9.41. The number of nitrogens with one attached hydrogen (secondary N) is 2. The molecule has 0 amide bonds. The van der Waals surface area contributed by atoms with Crippen LogP contribution in [0.25, 0.3) is 0 Å². The van der Waals surface area contributed by atoms with Gasteiger partial charge in [0.05, 0.1) is 26.8 Å². The third kappa shape index (κ3) is 6.91. The molecule has 2 aromatic carbocycles. The van der Waals surface area contributed by atoms with Crippen molar-refractivity contribution in [3.63, 3.8) is 0 Å². The molecule has 0 saturated carbocycles. The first-order valence-electron chi connectivity index (χ1n) is 10.1. The molecule has 0 aliphatic rings. The number of methoxy groups -OCH3 is 2. The highest BCUT2D eigenvalue weighted by atomic mass is 19.1. The van der Waals surface area contributed by atoms with Crippen LogP contribution >= 0.6 is 0 Å². The number of likely N-dealkylation sites (N-methyl/N-ethyl adjacent to an activating group) is 1. The van der Waals surface area contributed by atoms with Crippen LogP contribution in [0.15, 0.2) is 47.5 Å². The van der Waals surface area contributed by atoms with Crippen molar-refractivity contribution in [2.75, 3.05) is 47.9 Å². The van der Waals surface area contributed by atoms with Gasteiger partial charge in [0.15, 0.2) is 17.5 Å². The van der Waals surface area contributed by atoms with E-state index in [1.165, 1.54) is 6.07 Å². The molecule has 0 fully saturated rings. The molecule has 6 nitrogen and oxygen atoms in total. The molecular weight excluding hydrogens is 383 g/mol. The number of hydrogen-bond donors (Lipinski definition) is 2. The van der Waals surface area contributed by atoms with Crippen molar-refractivity contribution >= 4 is 5.96 Å². The van der Waals surface area contributed by atoms with E-state index in [1.807, 2.05) is 45.3 Å². The normalized spacial score (nSPS) is 12.6. The van der Waals surface area contributed by atoms with Gasteiger partial charge in [-0.25, -0.2) is 4.39 Å². The van der Waals surface area contributed by atoms with Crippen LogP contribution < -0.4 is 20.1 Å². The van der Waals surface area contributed by atoms with Crippen LogP contribution in [-0.4, -0.2) is 58.8 Å². The Hall–Kier alpha value is -2.80. The fraction of sp³-hybridized carbons (Fsp3) is 0.435. The molecular formula is C23H33FN4O2. The summed E-state index contributed by atoms with van der Waals surface area (Å²) in [5.41, 5.74) is 2.05. The lowest BCUT2D eigenvalue weighted by Gasteiger charge is -2.24. The largest absolute Gasteiger partial charge is 0.493 e. The predicted molar refractivity (Wildman–Crippen MR) is 120 cm³/mol. The van der Waals surface area contributed by atoms with E-state index in [4.69, 9.17) is 14.5 Å². The van der Waals surface area contributed by atoms with Crippen molar-refractivity contribution in [3.05, 3.63) is 59.4 Å². The van der Waals surface area contributed by atoms with Gasteiger partial charge in [0.1, 0.15) is 5.82 Å². The summed E-state index contributed by atoms with van der Waals surface area (Å²) in [6.07, 6.45) is 0.717. The van der Waals surface area contributed by atoms with Gasteiger partial charge in [0, 0.05) is 13.1 Å². The Labute approximate surface area is 179 Å². The zero-order valence-electron chi connectivity index (χ0n) is 18.5. The van der Waals surface area contributed by atoms with Gasteiger partial charge in [-0.2, -0.15) is 0 Å². The third-order valence-electron chi connectivity index (χ3n) is 4.78. The maximum atomic E-state index is 13.3. The maximum Gasteiger partial charge on any atom is 0.191 e. The molecule has 2 N–H and O–H groups in total. The van der Waals surface area contributed by atoms with Crippen LogP contribution in [0.1, 0.15) is 24.1 Å². The zero-order valence-corrected chi connectivity index (χ0v) is 18.5. The average Bonchev–Trinajstić information content (AvgIpc) is 2.73. The number of rotatable bonds is 10. The lowest BCUT2D eigenvalue weighted by molar-refractivity contribution is 0.303. The van der Waals surface area contributed by atoms with Gasteiger partial charge in [-0.15, -0.1) is 0 Å². The summed E-state index contributed by atoms with van der Waals surface area (Å²) in [5, 5.41) is 6.60. The van der Waals surface area contributed by atoms with Crippen LogP contribution in [-0.2, 0) is 6.42 Å². The Balaban J connectivity index is 2.07. The molecule has 2 aromatic rings. The Morgan fingerprint density at radius 1 is 1.07 bits per heavy atom. The van der Waals surface area contributed by atoms with E-state index in [0.29, 0.717) is 24.6 Å². The molecule has 0 aliphatic heterocycles. The highest BCUT2D eigenvalue weighted by molar-refractivity contribution is 5.79. The fourth-order valence-electron chi connectivity index (χ4n) is 3.16. The summed E-state index contributed by atoms with van der Waals surface area (Å²) in [6, 6.07) is 12.7. The fourth-order valence-corrected chi connectivity index (χ4v) is 3.16. The van der Waals surface area contributed by atoms with Crippen molar-refractivity contribution in [2.45, 2.75) is 19.4 Å². The van der Waals surface area contributed by atoms with Crippen LogP contribution in [0.4, 0.5) is 4.39 Å². The highest BCUT2D eigenvalue weighted by Crippen LogP contribution is 2.31. The number of ether oxygens (including phenoxy) is 2. The van der Waals surface area contributed by atoms with Gasteiger partial charge in [0.25, 0.3) is 0 Å². The van der Waals surface area contributed by atoms with Gasteiger partial charge < -0.3 is 25.0 Å². The van der Waals surface area contributed by atoms with E-state index in [1.54, 1.807) is 26.4 Å². The molecule has 0 aromatic heterocycles. The molecule has 30 heavy (non-hydrogen) atoms. The predicted octanol–water partition coefficient (Wildman–Crippen LogP) is 3.24. The summed E-state index contributed by atoms with van der Waals surface area (Å²) >= 11 is 0. The minimum Gasteiger partial charge on any atom is -0.493 e. The lowest BCUT2D eigenvalue weighted by atomic mass is 10.1. The van der Waals surface area contributed by atoms with Gasteiger partial charge in [-0.3, -0.25) is 4.99 Å². The monoisotopic (exact) mass is 416 g/mol. The first-order valence-corrected chi connectivity index (χ1v) is 10.1. The molecule has 0 heterocycles. The van der Waals surface area contributed by atoms with E-state index in [2.05, 4.69) is 15.5 Å². The van der Waals surface area contributed by atoms with E-state index in [-0.39, 0.29) is 11.9 Å². The second-order valence-electron chi connectivity index (χ2n) is 7.12. The first-order chi connectivity index (χ1) is 14.5. The summed E-state index contributed by atoms with van der Waals surface area (Å²) in [5.74, 6) is 1.93. The quantitative estimate of drug-likeness (QED) is 0.460. The number of aliphatic imine (C=N–C) groups is 1. The minimum absolute atomic E-state index is 0.0727. The molecule has 7 heteroatoms. The second kappa shape index (κ2) is 12.0. The number of hydrogen-bond acceptors (Lipinski definition) is 4. The van der Waals surface area contributed by atoms with E-state index >= 15 is 0 Å². The molecule has 164 valence electrons. The van der Waals surface area contributed by atoms with Crippen LogP contribution in [0, 0.1) is 5.82 Å². The Morgan fingerprint density at radius 3 is 2.47 bits per heavy atom. The van der Waals surface area contributed by atoms with Crippen molar-refractivity contribution in [2.24, 2.45) is 4.99 Å². The number of benzene rings is 2. The minimum atomic E-state index is -0.211. The Bertz CT molecular complexity index is 827. The van der Waals surface area contributed by atoms with Gasteiger partial charge in [-0.05, 0) is 62.8 Å². The third-order valence-corrected chi connectivity index (χ3v) is 4.78. The summed E-state index contributed by atoms with van der Waals surface area (Å²) < 4.78 is 24.1. The molecule has 1 atom stereocenters. The zero-order chi connectivity index (χ0) is 21.9. The maximum absolute atomic E-state index is 13.3. The highest BCUT2D eigenvalue weighted by Gasteiger charge is 2.16. The van der Waals surface area contributed by atoms with Crippen molar-refractivity contribution in [3.8, 4) is 11.5 Å². The number of halogens is 1. The molecule has 0 spiro atoms. The summed E-state index contributed by atoms with van der Waals surface area (Å²) in [7, 11) is 7.32. The SMILES string of the molecule is CCNC(=NCC(c1ccc(OC)c(OC)c1)N(C)C)NCCc1cccc(F)c1. The topological polar surface area (TPSA) is 58.1 Å². The van der Waals surface area contributed by atoms with Crippen molar-refractivity contribution < 1.29 is 13.9 Å². The van der Waals surface area contributed by atoms with Crippen molar-refractivity contribution in [1.82, 2.24) is 15.5 Å². The van der Waals surface area contributed by atoms with Crippen LogP contribution in [0.3, 0.4) is 0 Å². The summed E-state index contributed by atoms with van der Waals surface area (Å²) in [6.45, 7) is 4.02. The smallest absolute Gasteiger partial charge is 0.191 e. The van der Waals surface area contributed by atoms with Gasteiger partial charge in [-0.1, -0.05) is 18.2 Å². The van der Waals surface area contributed by atoms with Crippen molar-refractivity contribution in [1.29, 1.82) is 0 Å². The van der Waals surface area contributed by atoms with Crippen LogP contribution in [0.5, 0.6) is 11.5 Å². The van der Waals surface area contributed by atoms with Crippen LogP contribution in [0.2, 0.25) is 0 Å². The lowest BCUT2D eigenvalue weighted by Crippen LogP contribution is -2.39. The molecule has 0 saturated heterocycles. The molecule has 1 unspecified atom stereocenters. The molecule has 0 radical (unpaired) electrons. The Morgan fingerprint density at radius 2 is 1.83 bits per heavy atom. The second-order valence-corrected chi connectivity index (χ2v) is 7.12. The van der Waals surface area contributed by atoms with Gasteiger partial charge in [0.2, 0.25) is 0 Å². The number of nitrogens with zero attached hydrogens (tertiary/aromatic N) is 2. The molecule has 0 aliphatic carbocycles. The van der Waals surface area contributed by atoms with E-state index < -0.39 is 0 Å². The van der Waals surface area contributed by atoms with E-state index in [9.17, 15) is 4.39 Å². The van der Waals surface area contributed by atoms with Gasteiger partial charge >= 0.3 is 0 Å². The van der Waals surface area contributed by atoms with E-state index in [0.717, 1.165) is 30.1 Å².